The fourth-order valence-corrected chi connectivity index (χ4v) is 8.83. The van der Waals surface area contributed by atoms with Gasteiger partial charge in [-0.25, -0.2) is 0 Å². The van der Waals surface area contributed by atoms with Crippen LogP contribution in [0.2, 0.25) is 5.02 Å². The van der Waals surface area contributed by atoms with Gasteiger partial charge < -0.3 is 5.32 Å². The number of hydrogen-bond acceptors (Lipinski definition) is 2. The van der Waals surface area contributed by atoms with Crippen molar-refractivity contribution in [3.8, 4) is 0 Å². The summed E-state index contributed by atoms with van der Waals surface area (Å²) < 4.78 is 1.19. The Morgan fingerprint density at radius 3 is 2.57 bits per heavy atom. The molecule has 28 heavy (non-hydrogen) atoms. The van der Waals surface area contributed by atoms with E-state index in [0.717, 1.165) is 22.9 Å². The van der Waals surface area contributed by atoms with Crippen molar-refractivity contribution in [2.75, 3.05) is 24.2 Å². The van der Waals surface area contributed by atoms with Gasteiger partial charge in [-0.2, -0.15) is 0 Å². The summed E-state index contributed by atoms with van der Waals surface area (Å²) in [6, 6.07) is 9.70. The highest BCUT2D eigenvalue weighted by molar-refractivity contribution is 14.1. The lowest BCUT2D eigenvalue weighted by Gasteiger charge is -2.62. The van der Waals surface area contributed by atoms with Crippen LogP contribution in [0.4, 0.5) is 0 Å². The maximum absolute atomic E-state index is 6.19. The average Bonchev–Trinajstić information content (AvgIpc) is 3.12. The molecule has 4 aliphatic carbocycles. The molecule has 3 atom stereocenters. The first-order valence-electron chi connectivity index (χ1n) is 11.4. The maximum Gasteiger partial charge on any atom is 0.0508 e. The fourth-order valence-electron chi connectivity index (χ4n) is 7.80. The van der Waals surface area contributed by atoms with Crippen LogP contribution in [0.3, 0.4) is 0 Å². The molecule has 5 aliphatic rings. The highest BCUT2D eigenvalue weighted by Gasteiger charge is 2.57. The molecule has 0 spiro atoms. The number of nitrogens with zero attached hydrogens (tertiary/aromatic N) is 1. The van der Waals surface area contributed by atoms with Gasteiger partial charge in [0.05, 0.1) is 4.55 Å². The van der Waals surface area contributed by atoms with Crippen LogP contribution in [-0.2, 0) is 5.41 Å². The van der Waals surface area contributed by atoms with Gasteiger partial charge in [0.1, 0.15) is 0 Å². The molecule has 1 heterocycles. The topological polar surface area (TPSA) is 15.3 Å². The van der Waals surface area contributed by atoms with Crippen LogP contribution >= 0.6 is 34.2 Å². The largest absolute Gasteiger partial charge is 0.316 e. The smallest absolute Gasteiger partial charge is 0.0508 e. The molecule has 4 saturated carbocycles. The third-order valence-electron chi connectivity index (χ3n) is 8.45. The first-order valence-corrected chi connectivity index (χ1v) is 13.3. The number of alkyl halides is 1. The van der Waals surface area contributed by atoms with Gasteiger partial charge in [0.2, 0.25) is 0 Å². The number of hydrogen-bond donors (Lipinski definition) is 1. The molecule has 1 saturated heterocycles. The van der Waals surface area contributed by atoms with E-state index in [1.54, 1.807) is 5.56 Å². The molecule has 4 bridgehead atoms. The Balaban J connectivity index is 1.24. The molecule has 5 fully saturated rings. The Kier molecular flexibility index (Phi) is 5.75. The van der Waals surface area contributed by atoms with Gasteiger partial charge in [0, 0.05) is 17.6 Å². The summed E-state index contributed by atoms with van der Waals surface area (Å²) in [5.74, 6) is 1.89. The van der Waals surface area contributed by atoms with Crippen LogP contribution < -0.4 is 5.32 Å². The molecular formula is C24H34ClIN2. The lowest BCUT2D eigenvalue weighted by atomic mass is 9.43. The van der Waals surface area contributed by atoms with Crippen molar-refractivity contribution in [1.29, 1.82) is 0 Å². The molecule has 1 aromatic rings. The second-order valence-electron chi connectivity index (χ2n) is 10.4. The van der Waals surface area contributed by atoms with E-state index in [9.17, 15) is 0 Å². The monoisotopic (exact) mass is 512 g/mol. The van der Waals surface area contributed by atoms with Gasteiger partial charge in [0.25, 0.3) is 0 Å². The fraction of sp³-hybridized carbons (Fsp3) is 0.750. The van der Waals surface area contributed by atoms with Crippen molar-refractivity contribution in [1.82, 2.24) is 10.2 Å². The summed E-state index contributed by atoms with van der Waals surface area (Å²) in [5, 5.41) is 4.81. The highest BCUT2D eigenvalue weighted by atomic mass is 127. The average molecular weight is 513 g/mol. The van der Waals surface area contributed by atoms with Gasteiger partial charge in [-0.15, -0.1) is 0 Å². The molecule has 1 N–H and O–H groups in total. The molecule has 2 nitrogen and oxygen atoms in total. The molecule has 154 valence electrons. The number of nitrogens with one attached hydrogen (secondary N) is 1. The summed E-state index contributed by atoms with van der Waals surface area (Å²) in [7, 11) is 0. The minimum absolute atomic E-state index is 0.430. The summed E-state index contributed by atoms with van der Waals surface area (Å²) in [6.45, 7) is 3.75. The van der Waals surface area contributed by atoms with Crippen LogP contribution in [0.5, 0.6) is 0 Å². The number of rotatable bonds is 7. The zero-order valence-electron chi connectivity index (χ0n) is 16.9. The van der Waals surface area contributed by atoms with E-state index < -0.39 is 0 Å². The molecule has 4 heteroatoms. The van der Waals surface area contributed by atoms with E-state index in [1.165, 1.54) is 82.0 Å². The van der Waals surface area contributed by atoms with Crippen LogP contribution in [-0.4, -0.2) is 35.1 Å². The number of halogens is 2. The van der Waals surface area contributed by atoms with Crippen molar-refractivity contribution < 1.29 is 0 Å². The second-order valence-corrected chi connectivity index (χ2v) is 11.6. The molecular weight excluding hydrogens is 479 g/mol. The van der Waals surface area contributed by atoms with Crippen molar-refractivity contribution >= 4 is 34.2 Å². The van der Waals surface area contributed by atoms with E-state index in [1.807, 2.05) is 0 Å². The third-order valence-corrected chi connectivity index (χ3v) is 9.57. The van der Waals surface area contributed by atoms with Gasteiger partial charge >= 0.3 is 0 Å². The molecule has 0 amide bonds. The summed E-state index contributed by atoms with van der Waals surface area (Å²) in [6.07, 6.45) is 12.8. The van der Waals surface area contributed by atoms with Gasteiger partial charge in [0.15, 0.2) is 0 Å². The quantitative estimate of drug-likeness (QED) is 0.208. The Hall–Kier alpha value is 0.160. The summed E-state index contributed by atoms with van der Waals surface area (Å²) >= 11 is 8.72. The first-order chi connectivity index (χ1) is 13.6. The van der Waals surface area contributed by atoms with Gasteiger partial charge in [-0.1, -0.05) is 46.3 Å². The Morgan fingerprint density at radius 1 is 1.11 bits per heavy atom. The second kappa shape index (κ2) is 8.01. The van der Waals surface area contributed by atoms with Crippen LogP contribution in [0, 0.1) is 17.3 Å². The summed E-state index contributed by atoms with van der Waals surface area (Å²) in [4.78, 5) is 2.67. The normalized spacial score (nSPS) is 39.7. The van der Waals surface area contributed by atoms with Crippen molar-refractivity contribution in [2.45, 2.75) is 69.2 Å². The van der Waals surface area contributed by atoms with Crippen LogP contribution in [0.15, 0.2) is 24.3 Å². The SMILES string of the molecule is Clc1ccc(C23CC4CC(CC(CNCCC5CCCN5CI)(C4)C2)C3)cc1. The van der Waals surface area contributed by atoms with Crippen molar-refractivity contribution in [2.24, 2.45) is 17.3 Å². The Bertz CT molecular complexity index is 676. The van der Waals surface area contributed by atoms with Crippen LogP contribution in [0.1, 0.15) is 63.4 Å². The zero-order chi connectivity index (χ0) is 19.2. The standard InChI is InChI=1S/C24H34ClIN2/c25-21-5-3-20(4-6-21)24-13-18-10-19(14-24)12-23(11-18,15-24)16-27-8-7-22-2-1-9-28(22)17-26/h3-6,18-19,22,27H,1-2,7-17H2. The predicted octanol–water partition coefficient (Wildman–Crippen LogP) is 6.01. The summed E-state index contributed by atoms with van der Waals surface area (Å²) in [5.41, 5.74) is 2.54. The molecule has 0 radical (unpaired) electrons. The van der Waals surface area contributed by atoms with E-state index >= 15 is 0 Å². The van der Waals surface area contributed by atoms with Gasteiger partial charge in [-0.3, -0.25) is 4.90 Å². The van der Waals surface area contributed by atoms with E-state index in [0.29, 0.717) is 10.8 Å². The minimum atomic E-state index is 0.430. The van der Waals surface area contributed by atoms with E-state index in [-0.39, 0.29) is 0 Å². The third kappa shape index (κ3) is 3.78. The number of benzene rings is 1. The van der Waals surface area contributed by atoms with E-state index in [4.69, 9.17) is 11.6 Å². The molecule has 0 aromatic heterocycles. The van der Waals surface area contributed by atoms with E-state index in [2.05, 4.69) is 57.1 Å². The molecule has 1 aliphatic heterocycles. The Labute approximate surface area is 189 Å². The van der Waals surface area contributed by atoms with Crippen molar-refractivity contribution in [3.63, 3.8) is 0 Å². The number of likely N-dealkylation sites (tertiary alicyclic amines) is 1. The minimum Gasteiger partial charge on any atom is -0.316 e. The molecule has 3 unspecified atom stereocenters. The molecule has 6 rings (SSSR count). The highest BCUT2D eigenvalue weighted by Crippen LogP contribution is 2.65. The molecule has 1 aromatic carbocycles. The zero-order valence-corrected chi connectivity index (χ0v) is 19.9. The predicted molar refractivity (Wildman–Crippen MR) is 126 cm³/mol. The first kappa shape index (κ1) is 20.1. The lowest BCUT2D eigenvalue weighted by Crippen LogP contribution is -2.57. The van der Waals surface area contributed by atoms with Gasteiger partial charge in [-0.05, 0) is 111 Å². The Morgan fingerprint density at radius 2 is 1.86 bits per heavy atom. The van der Waals surface area contributed by atoms with Crippen molar-refractivity contribution in [3.05, 3.63) is 34.9 Å². The van der Waals surface area contributed by atoms with Crippen LogP contribution in [0.25, 0.3) is 0 Å². The lowest BCUT2D eigenvalue weighted by molar-refractivity contribution is -0.0706. The maximum atomic E-state index is 6.19.